The van der Waals surface area contributed by atoms with Crippen molar-refractivity contribution in [2.45, 2.75) is 57.8 Å². The fraction of sp³-hybridized carbons (Fsp3) is 0.800. The van der Waals surface area contributed by atoms with Crippen molar-refractivity contribution in [2.75, 3.05) is 0 Å². The summed E-state index contributed by atoms with van der Waals surface area (Å²) in [6.45, 7) is 5.86. The third kappa shape index (κ3) is 1.51. The Bertz CT molecular complexity index is 732. The van der Waals surface area contributed by atoms with E-state index in [9.17, 15) is 24.9 Å². The molecule has 4 bridgehead atoms. The van der Waals surface area contributed by atoms with Gasteiger partial charge in [0.2, 0.25) is 6.29 Å². The summed E-state index contributed by atoms with van der Waals surface area (Å²) in [5.41, 5.74) is -1.45. The molecule has 1 saturated heterocycles. The Morgan fingerprint density at radius 3 is 2.69 bits per heavy atom. The summed E-state index contributed by atoms with van der Waals surface area (Å²) in [6.07, 6.45) is 1.83. The van der Waals surface area contributed by atoms with Crippen LogP contribution in [0.25, 0.3) is 0 Å². The lowest BCUT2D eigenvalue weighted by molar-refractivity contribution is -0.286. The smallest absolute Gasteiger partial charge is 0.317 e. The van der Waals surface area contributed by atoms with Gasteiger partial charge in [0.05, 0.1) is 17.4 Å². The van der Waals surface area contributed by atoms with E-state index < -0.39 is 52.4 Å². The first-order chi connectivity index (χ1) is 12.2. The van der Waals surface area contributed by atoms with E-state index in [0.717, 1.165) is 24.8 Å². The summed E-state index contributed by atoms with van der Waals surface area (Å²) in [5, 5.41) is 32.0. The average molecular weight is 362 g/mol. The standard InChI is InChI=1S/C20H26O6/c1-9-7-19-8-10(9)3-4-11(19)20-6-5-12(21)18(2,16(24)26-17(20)25)14(20)13(19)15(22)23/h10-14,17,21,25H,1,3-8H2,2H3,(H,22,23)/t10-,11-,12+,13-,14-,17-,18+,19+,20+/m1/s1. The molecule has 142 valence electrons. The minimum absolute atomic E-state index is 0.0217. The minimum atomic E-state index is -1.29. The van der Waals surface area contributed by atoms with E-state index in [0.29, 0.717) is 25.2 Å². The molecule has 1 spiro atoms. The van der Waals surface area contributed by atoms with Gasteiger partial charge >= 0.3 is 11.9 Å². The number of carboxylic acid groups (broad SMARTS) is 1. The maximum atomic E-state index is 12.8. The highest BCUT2D eigenvalue weighted by molar-refractivity contribution is 5.83. The molecule has 1 aliphatic heterocycles. The maximum Gasteiger partial charge on any atom is 0.317 e. The van der Waals surface area contributed by atoms with Crippen LogP contribution in [0.15, 0.2) is 12.2 Å². The zero-order valence-corrected chi connectivity index (χ0v) is 15.0. The molecule has 6 nitrogen and oxygen atoms in total. The number of aliphatic hydroxyl groups excluding tert-OH is 2. The molecule has 5 rings (SSSR count). The number of rotatable bonds is 1. The summed E-state index contributed by atoms with van der Waals surface area (Å²) in [5.74, 6) is -2.64. The first-order valence-electron chi connectivity index (χ1n) is 9.67. The topological polar surface area (TPSA) is 104 Å². The molecule has 0 aromatic rings. The number of ether oxygens (including phenoxy) is 1. The van der Waals surface area contributed by atoms with E-state index in [1.54, 1.807) is 6.92 Å². The zero-order valence-electron chi connectivity index (χ0n) is 15.0. The maximum absolute atomic E-state index is 12.8. The van der Waals surface area contributed by atoms with Crippen molar-refractivity contribution in [3.05, 3.63) is 12.2 Å². The second-order valence-corrected chi connectivity index (χ2v) is 9.60. The fourth-order valence-electron chi connectivity index (χ4n) is 8.15. The number of carbonyl (C=O) groups is 2. The molecular weight excluding hydrogens is 336 g/mol. The van der Waals surface area contributed by atoms with Gasteiger partial charge in [0.15, 0.2) is 0 Å². The Balaban J connectivity index is 1.79. The van der Waals surface area contributed by atoms with Gasteiger partial charge < -0.3 is 20.1 Å². The van der Waals surface area contributed by atoms with Gasteiger partial charge in [-0.05, 0) is 62.7 Å². The first-order valence-corrected chi connectivity index (χ1v) is 9.67. The molecule has 4 saturated carbocycles. The molecule has 9 atom stereocenters. The predicted octanol–water partition coefficient (Wildman–Crippen LogP) is 1.70. The summed E-state index contributed by atoms with van der Waals surface area (Å²) in [7, 11) is 0. The molecule has 5 aliphatic rings. The highest BCUT2D eigenvalue weighted by atomic mass is 16.6. The lowest BCUT2D eigenvalue weighted by atomic mass is 9.49. The number of esters is 1. The van der Waals surface area contributed by atoms with E-state index in [-0.39, 0.29) is 5.92 Å². The van der Waals surface area contributed by atoms with Gasteiger partial charge in [-0.2, -0.15) is 0 Å². The van der Waals surface area contributed by atoms with E-state index in [2.05, 4.69) is 6.58 Å². The second-order valence-electron chi connectivity index (χ2n) is 9.60. The zero-order chi connectivity index (χ0) is 18.6. The van der Waals surface area contributed by atoms with E-state index in [4.69, 9.17) is 4.74 Å². The molecule has 4 aliphatic carbocycles. The number of cyclic esters (lactones) is 1. The van der Waals surface area contributed by atoms with Crippen molar-refractivity contribution in [1.82, 2.24) is 0 Å². The monoisotopic (exact) mass is 362 g/mol. The van der Waals surface area contributed by atoms with Crippen molar-refractivity contribution in [2.24, 2.45) is 39.9 Å². The van der Waals surface area contributed by atoms with Gasteiger partial charge in [0.1, 0.15) is 0 Å². The quantitative estimate of drug-likeness (QED) is 0.484. The molecule has 5 fully saturated rings. The molecule has 0 unspecified atom stereocenters. The third-order valence-corrected chi connectivity index (χ3v) is 9.01. The van der Waals surface area contributed by atoms with Gasteiger partial charge in [-0.1, -0.05) is 12.2 Å². The fourth-order valence-corrected chi connectivity index (χ4v) is 8.15. The van der Waals surface area contributed by atoms with E-state index in [1.165, 1.54) is 0 Å². The molecule has 0 amide bonds. The SMILES string of the molecule is C=C1C[C@]23C[C@H]1CC[C@H]2[C@]12CC[C@H](O)[C@](C)(C(=O)O[C@H]1O)[C@H]2[C@@H]3C(=O)O. The number of carboxylic acids is 1. The largest absolute Gasteiger partial charge is 0.481 e. The van der Waals surface area contributed by atoms with E-state index in [1.807, 2.05) is 0 Å². The number of aliphatic carboxylic acids is 1. The summed E-state index contributed by atoms with van der Waals surface area (Å²) in [4.78, 5) is 25.3. The van der Waals surface area contributed by atoms with Crippen molar-refractivity contribution >= 4 is 11.9 Å². The van der Waals surface area contributed by atoms with Crippen LogP contribution in [0.1, 0.15) is 45.4 Å². The highest BCUT2D eigenvalue weighted by Gasteiger charge is 2.82. The van der Waals surface area contributed by atoms with Crippen molar-refractivity contribution < 1.29 is 29.6 Å². The average Bonchev–Trinajstić information content (AvgIpc) is 2.99. The molecule has 6 heteroatoms. The number of fused-ring (bicyclic) bond motifs is 1. The van der Waals surface area contributed by atoms with Crippen molar-refractivity contribution in [1.29, 1.82) is 0 Å². The lowest BCUT2D eigenvalue weighted by Crippen LogP contribution is -2.66. The number of hydrogen-bond acceptors (Lipinski definition) is 5. The molecule has 0 radical (unpaired) electrons. The molecule has 0 aromatic carbocycles. The number of carbonyl (C=O) groups excluding carboxylic acids is 1. The van der Waals surface area contributed by atoms with Crippen LogP contribution in [0, 0.1) is 39.9 Å². The van der Waals surface area contributed by atoms with Gasteiger partial charge in [-0.25, -0.2) is 0 Å². The molecule has 26 heavy (non-hydrogen) atoms. The molecule has 0 aromatic heterocycles. The summed E-state index contributed by atoms with van der Waals surface area (Å²) < 4.78 is 5.38. The van der Waals surface area contributed by atoms with Crippen LogP contribution in [0.3, 0.4) is 0 Å². The Hall–Kier alpha value is -1.40. The van der Waals surface area contributed by atoms with Crippen LogP contribution in [0.5, 0.6) is 0 Å². The lowest BCUT2D eigenvalue weighted by Gasteiger charge is -2.58. The number of hydrogen-bond donors (Lipinski definition) is 3. The van der Waals surface area contributed by atoms with Crippen LogP contribution in [0.4, 0.5) is 0 Å². The van der Waals surface area contributed by atoms with Crippen LogP contribution in [0.2, 0.25) is 0 Å². The number of allylic oxidation sites excluding steroid dienone is 1. The van der Waals surface area contributed by atoms with Gasteiger partial charge in [0, 0.05) is 11.3 Å². The van der Waals surface area contributed by atoms with Crippen LogP contribution in [-0.4, -0.2) is 39.7 Å². The van der Waals surface area contributed by atoms with Crippen molar-refractivity contribution in [3.63, 3.8) is 0 Å². The molecule has 3 N–H and O–H groups in total. The normalized spacial score (nSPS) is 57.3. The van der Waals surface area contributed by atoms with Crippen LogP contribution in [-0.2, 0) is 14.3 Å². The molecule has 1 heterocycles. The Labute approximate surface area is 152 Å². The predicted molar refractivity (Wildman–Crippen MR) is 89.5 cm³/mol. The Morgan fingerprint density at radius 1 is 1.27 bits per heavy atom. The van der Waals surface area contributed by atoms with Gasteiger partial charge in [-0.3, -0.25) is 9.59 Å². The highest BCUT2D eigenvalue weighted by Crippen LogP contribution is 2.79. The summed E-state index contributed by atoms with van der Waals surface area (Å²) >= 11 is 0. The van der Waals surface area contributed by atoms with E-state index >= 15 is 0 Å². The summed E-state index contributed by atoms with van der Waals surface area (Å²) in [6, 6.07) is 0. The first kappa shape index (κ1) is 16.8. The third-order valence-electron chi connectivity index (χ3n) is 9.01. The van der Waals surface area contributed by atoms with Gasteiger partial charge in [-0.15, -0.1) is 0 Å². The minimum Gasteiger partial charge on any atom is -0.481 e. The number of aliphatic hydroxyl groups is 2. The second kappa shape index (κ2) is 4.71. The Morgan fingerprint density at radius 2 is 2.00 bits per heavy atom. The van der Waals surface area contributed by atoms with Gasteiger partial charge in [0.25, 0.3) is 0 Å². The van der Waals surface area contributed by atoms with Crippen LogP contribution < -0.4 is 0 Å². The molecular formula is C20H26O6. The van der Waals surface area contributed by atoms with Crippen molar-refractivity contribution in [3.8, 4) is 0 Å². The van der Waals surface area contributed by atoms with Crippen LogP contribution >= 0.6 is 0 Å². The Kier molecular flexibility index (Phi) is 3.03.